The van der Waals surface area contributed by atoms with Crippen LogP contribution in [0.3, 0.4) is 0 Å². The SMILES string of the molecule is CN1c2cc3ccccc3cc2C(C)(C)C(C)(C)c2cc3ccccc3cc21. The molecule has 4 aromatic rings. The van der Waals surface area contributed by atoms with E-state index in [0.717, 1.165) is 0 Å². The van der Waals surface area contributed by atoms with Gasteiger partial charge in [0.15, 0.2) is 0 Å². The number of benzene rings is 4. The first-order valence-electron chi connectivity index (χ1n) is 10.1. The molecule has 0 saturated heterocycles. The van der Waals surface area contributed by atoms with E-state index in [9.17, 15) is 0 Å². The van der Waals surface area contributed by atoms with Crippen LogP contribution < -0.4 is 4.90 Å². The third-order valence-corrected chi connectivity index (χ3v) is 7.36. The van der Waals surface area contributed by atoms with Gasteiger partial charge in [0, 0.05) is 29.3 Å². The summed E-state index contributed by atoms with van der Waals surface area (Å²) in [4.78, 5) is 2.40. The molecule has 1 aliphatic heterocycles. The van der Waals surface area contributed by atoms with E-state index in [2.05, 4.69) is 112 Å². The second kappa shape index (κ2) is 5.61. The highest BCUT2D eigenvalue weighted by Crippen LogP contribution is 2.54. The minimum Gasteiger partial charge on any atom is -0.344 e. The van der Waals surface area contributed by atoms with Crippen molar-refractivity contribution in [1.82, 2.24) is 0 Å². The zero-order chi connectivity index (χ0) is 19.7. The van der Waals surface area contributed by atoms with Crippen LogP contribution in [0.5, 0.6) is 0 Å². The van der Waals surface area contributed by atoms with Crippen molar-refractivity contribution < 1.29 is 0 Å². The van der Waals surface area contributed by atoms with E-state index in [4.69, 9.17) is 0 Å². The van der Waals surface area contributed by atoms with Crippen LogP contribution in [0.25, 0.3) is 21.5 Å². The zero-order valence-electron chi connectivity index (χ0n) is 17.4. The Kier molecular flexibility index (Phi) is 3.47. The number of anilines is 2. The normalized spacial score (nSPS) is 17.2. The second-order valence-corrected chi connectivity index (χ2v) is 9.24. The van der Waals surface area contributed by atoms with E-state index in [1.165, 1.54) is 44.0 Å². The third kappa shape index (κ3) is 2.19. The third-order valence-electron chi connectivity index (χ3n) is 7.36. The fraction of sp³-hybridized carbons (Fsp3) is 0.259. The molecule has 1 heterocycles. The molecule has 0 spiro atoms. The predicted molar refractivity (Wildman–Crippen MR) is 122 cm³/mol. The summed E-state index contributed by atoms with van der Waals surface area (Å²) in [5.41, 5.74) is 5.41. The number of fused-ring (bicyclic) bond motifs is 4. The van der Waals surface area contributed by atoms with Crippen molar-refractivity contribution in [2.45, 2.75) is 38.5 Å². The summed E-state index contributed by atoms with van der Waals surface area (Å²) in [6, 6.07) is 27.0. The van der Waals surface area contributed by atoms with Crippen LogP contribution in [0.4, 0.5) is 11.4 Å². The highest BCUT2D eigenvalue weighted by Gasteiger charge is 2.45. The molecule has 0 aromatic heterocycles. The minimum atomic E-state index is -0.0195. The van der Waals surface area contributed by atoms with Crippen LogP contribution in [-0.2, 0) is 10.8 Å². The van der Waals surface area contributed by atoms with Crippen molar-refractivity contribution in [3.05, 3.63) is 83.9 Å². The monoisotopic (exact) mass is 365 g/mol. The van der Waals surface area contributed by atoms with Crippen LogP contribution in [0.15, 0.2) is 72.8 Å². The van der Waals surface area contributed by atoms with Gasteiger partial charge in [-0.1, -0.05) is 76.2 Å². The van der Waals surface area contributed by atoms with Crippen LogP contribution in [0.2, 0.25) is 0 Å². The summed E-state index contributed by atoms with van der Waals surface area (Å²) in [6.07, 6.45) is 0. The molecular weight excluding hydrogens is 338 g/mol. The Bertz CT molecular complexity index is 1130. The van der Waals surface area contributed by atoms with Gasteiger partial charge in [-0.05, 0) is 56.9 Å². The van der Waals surface area contributed by atoms with Gasteiger partial charge in [-0.3, -0.25) is 0 Å². The largest absolute Gasteiger partial charge is 0.344 e. The van der Waals surface area contributed by atoms with Crippen molar-refractivity contribution in [3.8, 4) is 0 Å². The Morgan fingerprint density at radius 1 is 0.536 bits per heavy atom. The van der Waals surface area contributed by atoms with Gasteiger partial charge < -0.3 is 4.90 Å². The van der Waals surface area contributed by atoms with E-state index in [0.29, 0.717) is 0 Å². The average Bonchev–Trinajstić information content (AvgIpc) is 2.74. The average molecular weight is 366 g/mol. The first-order valence-corrected chi connectivity index (χ1v) is 10.1. The molecule has 1 nitrogen and oxygen atoms in total. The van der Waals surface area contributed by atoms with Gasteiger partial charge in [-0.2, -0.15) is 0 Å². The molecule has 1 heteroatoms. The van der Waals surface area contributed by atoms with Gasteiger partial charge >= 0.3 is 0 Å². The van der Waals surface area contributed by atoms with Crippen molar-refractivity contribution in [1.29, 1.82) is 0 Å². The van der Waals surface area contributed by atoms with E-state index in [1.54, 1.807) is 0 Å². The van der Waals surface area contributed by atoms with Crippen LogP contribution >= 0.6 is 0 Å². The Labute approximate surface area is 167 Å². The molecule has 0 saturated carbocycles. The molecule has 0 N–H and O–H groups in total. The summed E-state index contributed by atoms with van der Waals surface area (Å²) < 4.78 is 0. The van der Waals surface area contributed by atoms with Crippen molar-refractivity contribution in [3.63, 3.8) is 0 Å². The first kappa shape index (κ1) is 17.3. The Balaban J connectivity index is 1.91. The number of hydrogen-bond acceptors (Lipinski definition) is 1. The summed E-state index contributed by atoms with van der Waals surface area (Å²) in [7, 11) is 2.22. The molecule has 0 aliphatic carbocycles. The lowest BCUT2D eigenvalue weighted by Crippen LogP contribution is -2.39. The maximum Gasteiger partial charge on any atom is 0.0452 e. The van der Waals surface area contributed by atoms with Gasteiger partial charge in [0.2, 0.25) is 0 Å². The highest BCUT2D eigenvalue weighted by molar-refractivity contribution is 5.94. The van der Waals surface area contributed by atoms with Crippen molar-refractivity contribution in [2.75, 3.05) is 11.9 Å². The molecule has 0 amide bonds. The van der Waals surface area contributed by atoms with Gasteiger partial charge in [-0.25, -0.2) is 0 Å². The van der Waals surface area contributed by atoms with Crippen molar-refractivity contribution >= 4 is 32.9 Å². The smallest absolute Gasteiger partial charge is 0.0452 e. The summed E-state index contributed by atoms with van der Waals surface area (Å²) in [5.74, 6) is 0. The van der Waals surface area contributed by atoms with Crippen LogP contribution in [0.1, 0.15) is 38.8 Å². The quantitative estimate of drug-likeness (QED) is 0.315. The fourth-order valence-corrected chi connectivity index (χ4v) is 4.82. The topological polar surface area (TPSA) is 3.24 Å². The van der Waals surface area contributed by atoms with Crippen LogP contribution in [-0.4, -0.2) is 7.05 Å². The molecule has 0 bridgehead atoms. The van der Waals surface area contributed by atoms with E-state index in [1.807, 2.05) is 0 Å². The Morgan fingerprint density at radius 3 is 1.21 bits per heavy atom. The van der Waals surface area contributed by atoms with Gasteiger partial charge in [0.05, 0.1) is 0 Å². The number of hydrogen-bond donors (Lipinski definition) is 0. The molecule has 28 heavy (non-hydrogen) atoms. The lowest BCUT2D eigenvalue weighted by molar-refractivity contribution is 0.307. The minimum absolute atomic E-state index is 0.0195. The molecule has 0 atom stereocenters. The standard InChI is InChI=1S/C27H27N/c1-26(2)22-14-18-10-6-8-12-20(18)16-24(22)28(5)25-17-21-13-9-7-11-19(21)15-23(25)27(26,3)4/h6-17H,1-5H3. The Morgan fingerprint density at radius 2 is 0.857 bits per heavy atom. The molecule has 5 rings (SSSR count). The molecule has 0 radical (unpaired) electrons. The number of rotatable bonds is 0. The van der Waals surface area contributed by atoms with Gasteiger partial charge in [0.1, 0.15) is 0 Å². The highest BCUT2D eigenvalue weighted by atomic mass is 15.1. The second-order valence-electron chi connectivity index (χ2n) is 9.24. The molecule has 0 unspecified atom stereocenters. The predicted octanol–water partition coefficient (Wildman–Crippen LogP) is 7.33. The van der Waals surface area contributed by atoms with Gasteiger partial charge in [-0.15, -0.1) is 0 Å². The van der Waals surface area contributed by atoms with Crippen molar-refractivity contribution in [2.24, 2.45) is 0 Å². The maximum atomic E-state index is 2.41. The summed E-state index contributed by atoms with van der Waals surface area (Å²) in [5, 5.41) is 5.22. The van der Waals surface area contributed by atoms with E-state index in [-0.39, 0.29) is 10.8 Å². The molecule has 140 valence electrons. The first-order chi connectivity index (χ1) is 13.3. The Hall–Kier alpha value is -2.80. The summed E-state index contributed by atoms with van der Waals surface area (Å²) in [6.45, 7) is 9.61. The van der Waals surface area contributed by atoms with E-state index >= 15 is 0 Å². The molecule has 0 fully saturated rings. The summed E-state index contributed by atoms with van der Waals surface area (Å²) >= 11 is 0. The maximum absolute atomic E-state index is 2.41. The molecule has 4 aromatic carbocycles. The van der Waals surface area contributed by atoms with E-state index < -0.39 is 0 Å². The zero-order valence-corrected chi connectivity index (χ0v) is 17.4. The fourth-order valence-electron chi connectivity index (χ4n) is 4.82. The number of nitrogens with zero attached hydrogens (tertiary/aromatic N) is 1. The molecular formula is C27H27N. The van der Waals surface area contributed by atoms with Gasteiger partial charge in [0.25, 0.3) is 0 Å². The lowest BCUT2D eigenvalue weighted by atomic mass is 9.61. The lowest BCUT2D eigenvalue weighted by Gasteiger charge is -2.42. The molecule has 1 aliphatic rings. The van der Waals surface area contributed by atoms with Crippen LogP contribution in [0, 0.1) is 0 Å².